The van der Waals surface area contributed by atoms with Crippen molar-refractivity contribution in [1.29, 1.82) is 0 Å². The predicted octanol–water partition coefficient (Wildman–Crippen LogP) is 3.04. The number of nitrogens with zero attached hydrogens (tertiary/aromatic N) is 1. The third-order valence-corrected chi connectivity index (χ3v) is 3.67. The van der Waals surface area contributed by atoms with Crippen LogP contribution in [0.25, 0.3) is 0 Å². The molecule has 0 bridgehead atoms. The normalized spacial score (nSPS) is 16.0. The molecule has 3 nitrogen and oxygen atoms in total. The molecule has 1 N–H and O–H groups in total. The van der Waals surface area contributed by atoms with Crippen molar-refractivity contribution in [2.24, 2.45) is 0 Å². The molecule has 0 amide bonds. The largest absolute Gasteiger partial charge is 0.481 e. The summed E-state index contributed by atoms with van der Waals surface area (Å²) < 4.78 is 0. The zero-order valence-corrected chi connectivity index (χ0v) is 11.1. The monoisotopic (exact) mass is 247 g/mol. The molecule has 1 heterocycles. The first-order valence-electron chi connectivity index (χ1n) is 6.57. The molecule has 1 fully saturated rings. The van der Waals surface area contributed by atoms with Crippen LogP contribution in [-0.4, -0.2) is 24.2 Å². The van der Waals surface area contributed by atoms with Gasteiger partial charge in [0.25, 0.3) is 0 Å². The van der Waals surface area contributed by atoms with Crippen LogP contribution in [0.5, 0.6) is 0 Å². The second kappa shape index (κ2) is 5.01. The van der Waals surface area contributed by atoms with Crippen molar-refractivity contribution in [3.63, 3.8) is 0 Å². The fraction of sp³-hybridized carbons (Fsp3) is 0.533. The molecule has 0 atom stereocenters. The van der Waals surface area contributed by atoms with Gasteiger partial charge in [-0.05, 0) is 24.5 Å². The number of anilines is 1. The third-order valence-electron chi connectivity index (χ3n) is 3.67. The Hall–Kier alpha value is -1.51. The van der Waals surface area contributed by atoms with Gasteiger partial charge in [-0.25, -0.2) is 0 Å². The van der Waals surface area contributed by atoms with Gasteiger partial charge in [0.2, 0.25) is 0 Å². The number of hydrogen-bond donors (Lipinski definition) is 1. The van der Waals surface area contributed by atoms with E-state index in [9.17, 15) is 4.79 Å². The highest BCUT2D eigenvalue weighted by atomic mass is 16.4. The average molecular weight is 247 g/mol. The van der Waals surface area contributed by atoms with Crippen molar-refractivity contribution in [3.8, 4) is 0 Å². The van der Waals surface area contributed by atoms with E-state index >= 15 is 0 Å². The summed E-state index contributed by atoms with van der Waals surface area (Å²) >= 11 is 0. The van der Waals surface area contributed by atoms with E-state index in [0.717, 1.165) is 18.7 Å². The van der Waals surface area contributed by atoms with E-state index in [1.54, 1.807) is 0 Å². The Balaban J connectivity index is 2.34. The van der Waals surface area contributed by atoms with Crippen LogP contribution in [0.1, 0.15) is 38.7 Å². The molecule has 98 valence electrons. The third kappa shape index (κ3) is 2.66. The molecule has 3 heteroatoms. The maximum absolute atomic E-state index is 11.0. The fourth-order valence-corrected chi connectivity index (χ4v) is 2.75. The van der Waals surface area contributed by atoms with Gasteiger partial charge in [0.05, 0.1) is 6.42 Å². The van der Waals surface area contributed by atoms with Crippen molar-refractivity contribution >= 4 is 11.7 Å². The predicted molar refractivity (Wildman–Crippen MR) is 73.2 cm³/mol. The lowest BCUT2D eigenvalue weighted by atomic mass is 9.80. The first-order chi connectivity index (χ1) is 8.50. The van der Waals surface area contributed by atoms with Gasteiger partial charge in [0, 0.05) is 24.2 Å². The Kier molecular flexibility index (Phi) is 3.60. The van der Waals surface area contributed by atoms with E-state index in [-0.39, 0.29) is 11.8 Å². The molecule has 0 aromatic heterocycles. The minimum Gasteiger partial charge on any atom is -0.481 e. The number of hydrogen-bond acceptors (Lipinski definition) is 2. The Labute approximate surface area is 108 Å². The molecular formula is C15H21NO2. The van der Waals surface area contributed by atoms with Gasteiger partial charge in [-0.1, -0.05) is 32.0 Å². The van der Waals surface area contributed by atoms with Gasteiger partial charge in [-0.3, -0.25) is 4.79 Å². The van der Waals surface area contributed by atoms with E-state index in [1.165, 1.54) is 18.5 Å². The van der Waals surface area contributed by atoms with Crippen LogP contribution in [0.15, 0.2) is 24.3 Å². The van der Waals surface area contributed by atoms with Gasteiger partial charge in [-0.2, -0.15) is 0 Å². The van der Waals surface area contributed by atoms with Crippen molar-refractivity contribution in [1.82, 2.24) is 0 Å². The first-order valence-corrected chi connectivity index (χ1v) is 6.57. The molecule has 0 unspecified atom stereocenters. The maximum Gasteiger partial charge on any atom is 0.304 e. The number of carboxylic acids is 1. The van der Waals surface area contributed by atoms with Crippen molar-refractivity contribution in [2.75, 3.05) is 18.0 Å². The number of para-hydroxylation sites is 1. The number of aliphatic carboxylic acids is 1. The highest BCUT2D eigenvalue weighted by molar-refractivity contribution is 5.70. The Morgan fingerprint density at radius 3 is 2.50 bits per heavy atom. The molecular weight excluding hydrogens is 226 g/mol. The molecule has 2 rings (SSSR count). The highest BCUT2D eigenvalue weighted by Gasteiger charge is 2.28. The molecule has 0 aliphatic carbocycles. The lowest BCUT2D eigenvalue weighted by molar-refractivity contribution is -0.138. The summed E-state index contributed by atoms with van der Waals surface area (Å²) in [5.41, 5.74) is 2.03. The molecule has 1 aromatic carbocycles. The zero-order valence-electron chi connectivity index (χ0n) is 11.1. The van der Waals surface area contributed by atoms with E-state index in [0.29, 0.717) is 0 Å². The van der Waals surface area contributed by atoms with E-state index < -0.39 is 5.97 Å². The van der Waals surface area contributed by atoms with Crippen LogP contribution in [0, 0.1) is 0 Å². The number of rotatable bonds is 4. The molecule has 1 saturated heterocycles. The quantitative estimate of drug-likeness (QED) is 0.889. The summed E-state index contributed by atoms with van der Waals surface area (Å²) in [6, 6.07) is 8.22. The average Bonchev–Trinajstić information content (AvgIpc) is 2.80. The molecule has 0 radical (unpaired) electrons. The number of benzene rings is 1. The minimum atomic E-state index is -0.740. The van der Waals surface area contributed by atoms with Gasteiger partial charge in [0.1, 0.15) is 0 Å². The van der Waals surface area contributed by atoms with Crippen LogP contribution in [0.4, 0.5) is 5.69 Å². The highest BCUT2D eigenvalue weighted by Crippen LogP contribution is 2.35. The van der Waals surface area contributed by atoms with Crippen LogP contribution in [-0.2, 0) is 10.2 Å². The van der Waals surface area contributed by atoms with Crippen LogP contribution < -0.4 is 4.90 Å². The zero-order chi connectivity index (χ0) is 13.2. The summed E-state index contributed by atoms with van der Waals surface area (Å²) in [5.74, 6) is -0.740. The van der Waals surface area contributed by atoms with Gasteiger partial charge < -0.3 is 10.0 Å². The Morgan fingerprint density at radius 2 is 1.89 bits per heavy atom. The summed E-state index contributed by atoms with van der Waals surface area (Å²) in [4.78, 5) is 13.4. The van der Waals surface area contributed by atoms with E-state index in [4.69, 9.17) is 5.11 Å². The fourth-order valence-electron chi connectivity index (χ4n) is 2.75. The second-order valence-corrected chi connectivity index (χ2v) is 5.67. The topological polar surface area (TPSA) is 40.5 Å². The molecule has 0 saturated carbocycles. The van der Waals surface area contributed by atoms with Gasteiger partial charge in [0.15, 0.2) is 0 Å². The molecule has 1 aliphatic rings. The van der Waals surface area contributed by atoms with E-state index in [2.05, 4.69) is 17.0 Å². The standard InChI is InChI=1S/C15H21NO2/c1-15(2,11-14(17)18)12-7-3-4-8-13(12)16-9-5-6-10-16/h3-4,7-8H,5-6,9-11H2,1-2H3,(H,17,18). The number of carboxylic acid groups (broad SMARTS) is 1. The lowest BCUT2D eigenvalue weighted by Crippen LogP contribution is -2.27. The minimum absolute atomic E-state index is 0.165. The Bertz CT molecular complexity index is 434. The summed E-state index contributed by atoms with van der Waals surface area (Å²) in [6.45, 7) is 6.19. The molecule has 18 heavy (non-hydrogen) atoms. The number of carbonyl (C=O) groups is 1. The summed E-state index contributed by atoms with van der Waals surface area (Å²) in [5, 5.41) is 9.05. The van der Waals surface area contributed by atoms with Gasteiger partial charge >= 0.3 is 5.97 Å². The van der Waals surface area contributed by atoms with Crippen LogP contribution >= 0.6 is 0 Å². The Morgan fingerprint density at radius 1 is 1.28 bits per heavy atom. The smallest absolute Gasteiger partial charge is 0.304 e. The van der Waals surface area contributed by atoms with Crippen molar-refractivity contribution in [2.45, 2.75) is 38.5 Å². The van der Waals surface area contributed by atoms with Crippen LogP contribution in [0.3, 0.4) is 0 Å². The maximum atomic E-state index is 11.0. The SMILES string of the molecule is CC(C)(CC(=O)O)c1ccccc1N1CCCC1. The second-order valence-electron chi connectivity index (χ2n) is 5.67. The molecule has 1 aliphatic heterocycles. The molecule has 1 aromatic rings. The van der Waals surface area contributed by atoms with Gasteiger partial charge in [-0.15, -0.1) is 0 Å². The van der Waals surface area contributed by atoms with Crippen molar-refractivity contribution in [3.05, 3.63) is 29.8 Å². The van der Waals surface area contributed by atoms with Crippen LogP contribution in [0.2, 0.25) is 0 Å². The first kappa shape index (κ1) is 12.9. The summed E-state index contributed by atoms with van der Waals surface area (Å²) in [6.07, 6.45) is 2.62. The van der Waals surface area contributed by atoms with Crippen molar-refractivity contribution < 1.29 is 9.90 Å². The molecule has 0 spiro atoms. The lowest BCUT2D eigenvalue weighted by Gasteiger charge is -2.30. The summed E-state index contributed by atoms with van der Waals surface area (Å²) in [7, 11) is 0. The van der Waals surface area contributed by atoms with E-state index in [1.807, 2.05) is 26.0 Å².